The average Bonchev–Trinajstić information content (AvgIpc) is 2.47. The molecule has 1 unspecified atom stereocenters. The number of hydrogen-bond acceptors (Lipinski definition) is 3. The second-order valence-corrected chi connectivity index (χ2v) is 5.07. The van der Waals surface area contributed by atoms with Gasteiger partial charge in [0.2, 0.25) is 5.91 Å². The predicted octanol–water partition coefficient (Wildman–Crippen LogP) is 1.37. The molecular formula is C15H20N2O3. The van der Waals surface area contributed by atoms with Crippen molar-refractivity contribution in [1.29, 1.82) is 0 Å². The highest BCUT2D eigenvalue weighted by Gasteiger charge is 2.25. The second-order valence-electron chi connectivity index (χ2n) is 5.07. The fourth-order valence-electron chi connectivity index (χ4n) is 2.54. The number of carbonyl (C=O) groups is 2. The van der Waals surface area contributed by atoms with Gasteiger partial charge in [0.05, 0.1) is 0 Å². The highest BCUT2D eigenvalue weighted by Crippen LogP contribution is 2.21. The minimum Gasteiger partial charge on any atom is -0.481 e. The number of rotatable bonds is 4. The first-order valence-electron chi connectivity index (χ1n) is 6.86. The minimum atomic E-state index is -1.06. The maximum absolute atomic E-state index is 11.7. The first kappa shape index (κ1) is 14.5. The Hall–Kier alpha value is -1.88. The zero-order chi connectivity index (χ0) is 14.5. The summed E-state index contributed by atoms with van der Waals surface area (Å²) < 4.78 is 0. The van der Waals surface area contributed by atoms with E-state index in [1.54, 1.807) is 4.90 Å². The fraction of sp³-hybridized carbons (Fsp3) is 0.467. The lowest BCUT2D eigenvalue weighted by molar-refractivity contribution is -0.145. The summed E-state index contributed by atoms with van der Waals surface area (Å²) in [5.41, 5.74) is 1.26. The molecule has 1 atom stereocenters. The third-order valence-electron chi connectivity index (χ3n) is 3.80. The standard InChI is InChI=1S/C15H20N2O3/c1-12(13-5-3-2-4-6-13)16-7-9-17(10-8-16)14(18)11-15(19)20/h2-6,12H,7-11H2,1H3,(H,19,20). The first-order valence-corrected chi connectivity index (χ1v) is 6.86. The van der Waals surface area contributed by atoms with Gasteiger partial charge in [0.25, 0.3) is 0 Å². The van der Waals surface area contributed by atoms with Crippen LogP contribution in [0.3, 0.4) is 0 Å². The molecule has 0 bridgehead atoms. The van der Waals surface area contributed by atoms with Crippen molar-refractivity contribution >= 4 is 11.9 Å². The summed E-state index contributed by atoms with van der Waals surface area (Å²) in [5.74, 6) is -1.35. The van der Waals surface area contributed by atoms with E-state index in [4.69, 9.17) is 5.11 Å². The molecular weight excluding hydrogens is 256 g/mol. The Balaban J connectivity index is 1.88. The maximum atomic E-state index is 11.7. The van der Waals surface area contributed by atoms with Gasteiger partial charge in [0, 0.05) is 32.2 Å². The van der Waals surface area contributed by atoms with E-state index in [1.807, 2.05) is 18.2 Å². The van der Waals surface area contributed by atoms with Gasteiger partial charge >= 0.3 is 5.97 Å². The molecule has 1 amide bonds. The monoisotopic (exact) mass is 276 g/mol. The van der Waals surface area contributed by atoms with Crippen molar-refractivity contribution in [2.75, 3.05) is 26.2 Å². The van der Waals surface area contributed by atoms with E-state index in [0.717, 1.165) is 13.1 Å². The van der Waals surface area contributed by atoms with Crippen LogP contribution in [0.2, 0.25) is 0 Å². The quantitative estimate of drug-likeness (QED) is 0.844. The van der Waals surface area contributed by atoms with Crippen LogP contribution in [0, 0.1) is 0 Å². The van der Waals surface area contributed by atoms with Gasteiger partial charge in [0.15, 0.2) is 0 Å². The topological polar surface area (TPSA) is 60.9 Å². The van der Waals surface area contributed by atoms with E-state index in [2.05, 4.69) is 24.0 Å². The minimum absolute atomic E-state index is 0.287. The van der Waals surface area contributed by atoms with Crippen LogP contribution >= 0.6 is 0 Å². The molecule has 5 heteroatoms. The second kappa shape index (κ2) is 6.52. The number of carboxylic acids is 1. The van der Waals surface area contributed by atoms with Crippen molar-refractivity contribution in [2.24, 2.45) is 0 Å². The number of amides is 1. The molecule has 0 spiro atoms. The van der Waals surface area contributed by atoms with Crippen molar-refractivity contribution in [2.45, 2.75) is 19.4 Å². The summed E-state index contributed by atoms with van der Waals surface area (Å²) >= 11 is 0. The van der Waals surface area contributed by atoms with Crippen LogP contribution in [0.5, 0.6) is 0 Å². The number of carboxylic acid groups (broad SMARTS) is 1. The number of benzene rings is 1. The number of nitrogens with zero attached hydrogens (tertiary/aromatic N) is 2. The van der Waals surface area contributed by atoms with Gasteiger partial charge in [-0.25, -0.2) is 0 Å². The lowest BCUT2D eigenvalue weighted by atomic mass is 10.1. The molecule has 1 aliphatic rings. The number of hydrogen-bond donors (Lipinski definition) is 1. The van der Waals surface area contributed by atoms with Crippen LogP contribution in [0.15, 0.2) is 30.3 Å². The largest absolute Gasteiger partial charge is 0.481 e. The third-order valence-corrected chi connectivity index (χ3v) is 3.80. The molecule has 1 N–H and O–H groups in total. The van der Waals surface area contributed by atoms with Gasteiger partial charge in [-0.1, -0.05) is 30.3 Å². The summed E-state index contributed by atoms with van der Waals surface area (Å²) in [6.45, 7) is 4.92. The average molecular weight is 276 g/mol. The molecule has 1 aliphatic heterocycles. The van der Waals surface area contributed by atoms with Crippen LogP contribution in [0.1, 0.15) is 24.9 Å². The number of carbonyl (C=O) groups excluding carboxylic acids is 1. The Kier molecular flexibility index (Phi) is 4.74. The Morgan fingerprint density at radius 1 is 1.15 bits per heavy atom. The van der Waals surface area contributed by atoms with E-state index in [-0.39, 0.29) is 5.91 Å². The molecule has 0 saturated carbocycles. The first-order chi connectivity index (χ1) is 9.58. The van der Waals surface area contributed by atoms with Crippen LogP contribution < -0.4 is 0 Å². The number of aliphatic carboxylic acids is 1. The normalized spacial score (nSPS) is 17.8. The molecule has 0 radical (unpaired) electrons. The van der Waals surface area contributed by atoms with E-state index in [9.17, 15) is 9.59 Å². The predicted molar refractivity (Wildman–Crippen MR) is 75.3 cm³/mol. The van der Waals surface area contributed by atoms with Crippen molar-refractivity contribution in [3.05, 3.63) is 35.9 Å². The molecule has 1 aromatic carbocycles. The van der Waals surface area contributed by atoms with E-state index < -0.39 is 12.4 Å². The maximum Gasteiger partial charge on any atom is 0.312 e. The molecule has 20 heavy (non-hydrogen) atoms. The van der Waals surface area contributed by atoms with Crippen molar-refractivity contribution in [3.63, 3.8) is 0 Å². The lowest BCUT2D eigenvalue weighted by Gasteiger charge is -2.38. The lowest BCUT2D eigenvalue weighted by Crippen LogP contribution is -2.49. The zero-order valence-electron chi connectivity index (χ0n) is 11.7. The van der Waals surface area contributed by atoms with Crippen molar-refractivity contribution in [1.82, 2.24) is 9.80 Å². The van der Waals surface area contributed by atoms with Gasteiger partial charge in [-0.3, -0.25) is 14.5 Å². The Morgan fingerprint density at radius 3 is 2.30 bits per heavy atom. The highest BCUT2D eigenvalue weighted by molar-refractivity contribution is 5.93. The zero-order valence-corrected chi connectivity index (χ0v) is 11.7. The smallest absolute Gasteiger partial charge is 0.312 e. The van der Waals surface area contributed by atoms with Crippen LogP contribution in [-0.2, 0) is 9.59 Å². The number of piperazine rings is 1. The fourth-order valence-corrected chi connectivity index (χ4v) is 2.54. The molecule has 2 rings (SSSR count). The molecule has 1 aromatic rings. The molecule has 1 saturated heterocycles. The molecule has 0 aliphatic carbocycles. The van der Waals surface area contributed by atoms with Crippen LogP contribution in [-0.4, -0.2) is 53.0 Å². The van der Waals surface area contributed by atoms with Gasteiger partial charge in [-0.05, 0) is 12.5 Å². The Bertz CT molecular complexity index is 467. The van der Waals surface area contributed by atoms with Gasteiger partial charge in [-0.2, -0.15) is 0 Å². The van der Waals surface area contributed by atoms with Gasteiger partial charge < -0.3 is 10.0 Å². The molecule has 1 fully saturated rings. The Morgan fingerprint density at radius 2 is 1.75 bits per heavy atom. The molecule has 1 heterocycles. The van der Waals surface area contributed by atoms with Gasteiger partial charge in [0.1, 0.15) is 6.42 Å². The highest BCUT2D eigenvalue weighted by atomic mass is 16.4. The van der Waals surface area contributed by atoms with E-state index >= 15 is 0 Å². The summed E-state index contributed by atoms with van der Waals surface area (Å²) in [7, 11) is 0. The van der Waals surface area contributed by atoms with Crippen LogP contribution in [0.25, 0.3) is 0 Å². The van der Waals surface area contributed by atoms with Gasteiger partial charge in [-0.15, -0.1) is 0 Å². The molecule has 0 aromatic heterocycles. The molecule has 5 nitrogen and oxygen atoms in total. The van der Waals surface area contributed by atoms with Crippen molar-refractivity contribution < 1.29 is 14.7 Å². The SMILES string of the molecule is CC(c1ccccc1)N1CCN(C(=O)CC(=O)O)CC1. The Labute approximate surface area is 118 Å². The molecule has 108 valence electrons. The summed E-state index contributed by atoms with van der Waals surface area (Å²) in [4.78, 5) is 26.2. The van der Waals surface area contributed by atoms with Crippen LogP contribution in [0.4, 0.5) is 0 Å². The van der Waals surface area contributed by atoms with Crippen molar-refractivity contribution in [3.8, 4) is 0 Å². The summed E-state index contributed by atoms with van der Waals surface area (Å²) in [6, 6.07) is 10.6. The van der Waals surface area contributed by atoms with E-state index in [1.165, 1.54) is 5.56 Å². The summed E-state index contributed by atoms with van der Waals surface area (Å²) in [6.07, 6.45) is -0.408. The van der Waals surface area contributed by atoms with E-state index in [0.29, 0.717) is 19.1 Å². The third kappa shape index (κ3) is 3.57. The summed E-state index contributed by atoms with van der Waals surface area (Å²) in [5, 5.41) is 8.65.